The molecule has 4 amide bonds. The first-order valence-corrected chi connectivity index (χ1v) is 9.63. The fraction of sp³-hybridized carbons (Fsp3) is 0.136. The Kier molecular flexibility index (Phi) is 5.98. The number of urea groups is 1. The normalized spacial score (nSPS) is 15.5. The van der Waals surface area contributed by atoms with E-state index in [1.54, 1.807) is 37.3 Å². The average Bonchev–Trinajstić information content (AvgIpc) is 2.67. The molecule has 1 aliphatic rings. The standard InChI is InChI=1S/C22H19BrN2O4/c1-4-9-29-19-8-7-15(12-17(19)23)11-16-20(26)24-22(28)25(21(16)27)18-10-13(2)5-6-14(18)3/h4-8,10-12H,1,9H2,2-3H3,(H,24,26,28)/b16-11+. The van der Waals surface area contributed by atoms with Gasteiger partial charge in [-0.2, -0.15) is 0 Å². The van der Waals surface area contributed by atoms with Crippen molar-refractivity contribution >= 4 is 45.5 Å². The lowest BCUT2D eigenvalue weighted by molar-refractivity contribution is -0.122. The first-order valence-electron chi connectivity index (χ1n) is 8.83. The second-order valence-electron chi connectivity index (χ2n) is 6.54. The van der Waals surface area contributed by atoms with Crippen molar-refractivity contribution in [1.82, 2.24) is 5.32 Å². The Hall–Kier alpha value is -3.19. The van der Waals surface area contributed by atoms with Crippen LogP contribution < -0.4 is 15.0 Å². The minimum Gasteiger partial charge on any atom is -0.488 e. The Labute approximate surface area is 177 Å². The fourth-order valence-corrected chi connectivity index (χ4v) is 3.39. The SMILES string of the molecule is C=CCOc1ccc(/C=C2\C(=O)NC(=O)N(c3cc(C)ccc3C)C2=O)cc1Br. The van der Waals surface area contributed by atoms with Gasteiger partial charge in [-0.05, 0) is 70.7 Å². The van der Waals surface area contributed by atoms with Crippen LogP contribution in [0.3, 0.4) is 0 Å². The number of rotatable bonds is 5. The quantitative estimate of drug-likeness (QED) is 0.415. The Morgan fingerprint density at radius 1 is 1.14 bits per heavy atom. The number of carbonyl (C=O) groups is 3. The van der Waals surface area contributed by atoms with Gasteiger partial charge in [0.05, 0.1) is 10.2 Å². The lowest BCUT2D eigenvalue weighted by Crippen LogP contribution is -2.54. The smallest absolute Gasteiger partial charge is 0.335 e. The topological polar surface area (TPSA) is 75.7 Å². The highest BCUT2D eigenvalue weighted by molar-refractivity contribution is 9.10. The van der Waals surface area contributed by atoms with Gasteiger partial charge in [-0.15, -0.1) is 0 Å². The highest BCUT2D eigenvalue weighted by atomic mass is 79.9. The highest BCUT2D eigenvalue weighted by Gasteiger charge is 2.37. The summed E-state index contributed by atoms with van der Waals surface area (Å²) >= 11 is 3.41. The highest BCUT2D eigenvalue weighted by Crippen LogP contribution is 2.29. The molecule has 0 aromatic heterocycles. The fourth-order valence-electron chi connectivity index (χ4n) is 2.88. The molecule has 1 fully saturated rings. The summed E-state index contributed by atoms with van der Waals surface area (Å²) in [7, 11) is 0. The minimum absolute atomic E-state index is 0.128. The Balaban J connectivity index is 1.98. The Bertz CT molecular complexity index is 1060. The van der Waals surface area contributed by atoms with Crippen LogP contribution in [0.5, 0.6) is 5.75 Å². The number of carbonyl (C=O) groups excluding carboxylic acids is 3. The van der Waals surface area contributed by atoms with Crippen LogP contribution in [0.2, 0.25) is 0 Å². The van der Waals surface area contributed by atoms with Crippen molar-refractivity contribution < 1.29 is 19.1 Å². The van der Waals surface area contributed by atoms with E-state index in [2.05, 4.69) is 27.8 Å². The molecule has 148 valence electrons. The molecule has 0 radical (unpaired) electrons. The second-order valence-corrected chi connectivity index (χ2v) is 7.39. The number of halogens is 1. The molecule has 7 heteroatoms. The van der Waals surface area contributed by atoms with E-state index in [-0.39, 0.29) is 5.57 Å². The van der Waals surface area contributed by atoms with Crippen LogP contribution in [-0.2, 0) is 9.59 Å². The van der Waals surface area contributed by atoms with Crippen LogP contribution in [0.15, 0.2) is 59.1 Å². The summed E-state index contributed by atoms with van der Waals surface area (Å²) in [6.45, 7) is 7.62. The molecular weight excluding hydrogens is 436 g/mol. The monoisotopic (exact) mass is 454 g/mol. The molecular formula is C22H19BrN2O4. The van der Waals surface area contributed by atoms with Crippen molar-refractivity contribution in [2.75, 3.05) is 11.5 Å². The number of anilines is 1. The van der Waals surface area contributed by atoms with Gasteiger partial charge in [0.1, 0.15) is 17.9 Å². The zero-order valence-electron chi connectivity index (χ0n) is 16.0. The molecule has 2 aromatic carbocycles. The second kappa shape index (κ2) is 8.45. The largest absolute Gasteiger partial charge is 0.488 e. The van der Waals surface area contributed by atoms with Crippen LogP contribution in [-0.4, -0.2) is 24.5 Å². The number of aryl methyl sites for hydroxylation is 2. The number of benzene rings is 2. The molecule has 2 aromatic rings. The molecule has 0 atom stereocenters. The van der Waals surface area contributed by atoms with E-state index in [1.165, 1.54) is 6.08 Å². The lowest BCUT2D eigenvalue weighted by Gasteiger charge is -2.27. The summed E-state index contributed by atoms with van der Waals surface area (Å²) in [6, 6.07) is 9.85. The van der Waals surface area contributed by atoms with Gasteiger partial charge in [-0.25, -0.2) is 9.69 Å². The summed E-state index contributed by atoms with van der Waals surface area (Å²) in [6.07, 6.45) is 3.08. The number of barbiturate groups is 1. The zero-order chi connectivity index (χ0) is 21.1. The number of amides is 4. The van der Waals surface area contributed by atoms with Gasteiger partial charge in [-0.3, -0.25) is 14.9 Å². The molecule has 1 N–H and O–H groups in total. The average molecular weight is 455 g/mol. The van der Waals surface area contributed by atoms with Gasteiger partial charge >= 0.3 is 6.03 Å². The summed E-state index contributed by atoms with van der Waals surface area (Å²) in [5.74, 6) is -0.793. The molecule has 0 unspecified atom stereocenters. The maximum Gasteiger partial charge on any atom is 0.335 e. The first-order chi connectivity index (χ1) is 13.8. The van der Waals surface area contributed by atoms with Crippen molar-refractivity contribution in [1.29, 1.82) is 0 Å². The van der Waals surface area contributed by atoms with E-state index in [1.807, 2.05) is 19.1 Å². The molecule has 1 heterocycles. The molecule has 29 heavy (non-hydrogen) atoms. The third-order valence-corrected chi connectivity index (χ3v) is 4.95. The van der Waals surface area contributed by atoms with Crippen molar-refractivity contribution in [3.8, 4) is 5.75 Å². The number of nitrogens with one attached hydrogen (secondary N) is 1. The van der Waals surface area contributed by atoms with Gasteiger partial charge in [-0.1, -0.05) is 30.9 Å². The van der Waals surface area contributed by atoms with Crippen LogP contribution in [0.4, 0.5) is 10.5 Å². The van der Waals surface area contributed by atoms with E-state index >= 15 is 0 Å². The van der Waals surface area contributed by atoms with Gasteiger partial charge < -0.3 is 4.74 Å². The Morgan fingerprint density at radius 3 is 2.59 bits per heavy atom. The van der Waals surface area contributed by atoms with Crippen LogP contribution in [0.1, 0.15) is 16.7 Å². The summed E-state index contributed by atoms with van der Waals surface area (Å²) in [5.41, 5.74) is 2.57. The third kappa shape index (κ3) is 4.30. The van der Waals surface area contributed by atoms with Gasteiger partial charge in [0, 0.05) is 0 Å². The van der Waals surface area contributed by atoms with Crippen molar-refractivity contribution in [2.45, 2.75) is 13.8 Å². The van der Waals surface area contributed by atoms with E-state index in [4.69, 9.17) is 4.74 Å². The first kappa shape index (κ1) is 20.5. The maximum absolute atomic E-state index is 13.0. The van der Waals surface area contributed by atoms with E-state index < -0.39 is 17.8 Å². The number of hydrogen-bond donors (Lipinski definition) is 1. The summed E-state index contributed by atoms with van der Waals surface area (Å²) in [5, 5.41) is 2.24. The van der Waals surface area contributed by atoms with Crippen LogP contribution in [0.25, 0.3) is 6.08 Å². The molecule has 0 spiro atoms. The predicted octanol–water partition coefficient (Wildman–Crippen LogP) is 4.30. The number of nitrogens with zero attached hydrogens (tertiary/aromatic N) is 1. The van der Waals surface area contributed by atoms with Gasteiger partial charge in [0.15, 0.2) is 0 Å². The van der Waals surface area contributed by atoms with Crippen molar-refractivity contribution in [3.63, 3.8) is 0 Å². The minimum atomic E-state index is -0.764. The Morgan fingerprint density at radius 2 is 1.90 bits per heavy atom. The molecule has 6 nitrogen and oxygen atoms in total. The number of ether oxygens (including phenoxy) is 1. The maximum atomic E-state index is 13.0. The van der Waals surface area contributed by atoms with Gasteiger partial charge in [0.25, 0.3) is 11.8 Å². The van der Waals surface area contributed by atoms with Crippen molar-refractivity contribution in [2.24, 2.45) is 0 Å². The molecule has 0 bridgehead atoms. The predicted molar refractivity (Wildman–Crippen MR) is 115 cm³/mol. The van der Waals surface area contributed by atoms with Crippen LogP contribution >= 0.6 is 15.9 Å². The van der Waals surface area contributed by atoms with Crippen molar-refractivity contribution in [3.05, 3.63) is 75.8 Å². The van der Waals surface area contributed by atoms with E-state index in [0.717, 1.165) is 16.0 Å². The molecule has 0 aliphatic carbocycles. The third-order valence-electron chi connectivity index (χ3n) is 4.33. The van der Waals surface area contributed by atoms with Gasteiger partial charge in [0.2, 0.25) is 0 Å². The number of hydrogen-bond acceptors (Lipinski definition) is 4. The van der Waals surface area contributed by atoms with Crippen LogP contribution in [0, 0.1) is 13.8 Å². The molecule has 1 aliphatic heterocycles. The lowest BCUT2D eigenvalue weighted by atomic mass is 10.0. The summed E-state index contributed by atoms with van der Waals surface area (Å²) in [4.78, 5) is 38.8. The number of imide groups is 2. The zero-order valence-corrected chi connectivity index (χ0v) is 17.6. The van der Waals surface area contributed by atoms with E-state index in [0.29, 0.717) is 28.1 Å². The molecule has 0 saturated carbocycles. The molecule has 3 rings (SSSR count). The van der Waals surface area contributed by atoms with E-state index in [9.17, 15) is 14.4 Å². The molecule has 1 saturated heterocycles. The summed E-state index contributed by atoms with van der Waals surface area (Å²) < 4.78 is 6.17.